The van der Waals surface area contributed by atoms with E-state index in [-0.39, 0.29) is 17.9 Å². The highest BCUT2D eigenvalue weighted by Gasteiger charge is 2.37. The predicted octanol–water partition coefficient (Wildman–Crippen LogP) is 2.40. The van der Waals surface area contributed by atoms with E-state index in [2.05, 4.69) is 16.0 Å². The van der Waals surface area contributed by atoms with E-state index >= 15 is 0 Å². The van der Waals surface area contributed by atoms with Crippen LogP contribution in [0.5, 0.6) is 0 Å². The number of carbonyl (C=O) groups is 1. The maximum atomic E-state index is 13.0. The molecule has 0 saturated carbocycles. The molecule has 1 aliphatic heterocycles. The van der Waals surface area contributed by atoms with Gasteiger partial charge in [-0.05, 0) is 51.2 Å². The molecule has 1 fully saturated rings. The Bertz CT molecular complexity index is 873. The van der Waals surface area contributed by atoms with Gasteiger partial charge in [-0.2, -0.15) is 5.26 Å². The number of hydrogen-bond donors (Lipinski definition) is 1. The van der Waals surface area contributed by atoms with Crippen molar-refractivity contribution in [1.29, 1.82) is 5.26 Å². The molecule has 1 atom stereocenters. The van der Waals surface area contributed by atoms with E-state index in [1.165, 1.54) is 0 Å². The minimum Gasteiger partial charge on any atom is -0.396 e. The summed E-state index contributed by atoms with van der Waals surface area (Å²) in [5, 5.41) is 19.2. The van der Waals surface area contributed by atoms with Crippen molar-refractivity contribution in [1.82, 2.24) is 14.8 Å². The molecular formula is C22H26N4O2. The molecule has 1 aliphatic rings. The average Bonchev–Trinajstić information content (AvgIpc) is 2.73. The number of rotatable bonds is 5. The van der Waals surface area contributed by atoms with E-state index in [0.29, 0.717) is 29.9 Å². The molecule has 0 bridgehead atoms. The summed E-state index contributed by atoms with van der Waals surface area (Å²) in [6.07, 6.45) is 3.46. The van der Waals surface area contributed by atoms with Crippen molar-refractivity contribution in [3.8, 4) is 17.3 Å². The summed E-state index contributed by atoms with van der Waals surface area (Å²) in [6, 6.07) is 12.9. The average molecular weight is 378 g/mol. The summed E-state index contributed by atoms with van der Waals surface area (Å²) in [7, 11) is 3.98. The van der Waals surface area contributed by atoms with Gasteiger partial charge < -0.3 is 14.9 Å². The molecule has 0 aliphatic carbocycles. The van der Waals surface area contributed by atoms with Crippen molar-refractivity contribution < 1.29 is 9.90 Å². The number of nitrogens with zero attached hydrogens (tertiary/aromatic N) is 4. The summed E-state index contributed by atoms with van der Waals surface area (Å²) in [5.41, 5.74) is 2.27. The molecule has 0 spiro atoms. The number of carbonyl (C=O) groups excluding carboxylic acids is 1. The molecule has 0 radical (unpaired) electrons. The Morgan fingerprint density at radius 1 is 1.32 bits per heavy atom. The molecule has 28 heavy (non-hydrogen) atoms. The minimum atomic E-state index is -0.271. The second-order valence-corrected chi connectivity index (χ2v) is 7.81. The van der Waals surface area contributed by atoms with Crippen LogP contribution in [0.1, 0.15) is 28.8 Å². The first-order chi connectivity index (χ1) is 13.5. The minimum absolute atomic E-state index is 0.0237. The van der Waals surface area contributed by atoms with Crippen LogP contribution >= 0.6 is 0 Å². The van der Waals surface area contributed by atoms with Gasteiger partial charge in [-0.3, -0.25) is 9.78 Å². The SMILES string of the molecule is CN(C)C[C@@]1(CO)CCCN(C(=O)c2ccc(-c3ncccc3C#N)cc2)C1. The smallest absolute Gasteiger partial charge is 0.253 e. The third-order valence-corrected chi connectivity index (χ3v) is 5.27. The summed E-state index contributed by atoms with van der Waals surface area (Å²) in [6.45, 7) is 2.09. The lowest BCUT2D eigenvalue weighted by atomic mass is 9.80. The van der Waals surface area contributed by atoms with Crippen molar-refractivity contribution in [3.63, 3.8) is 0 Å². The zero-order valence-corrected chi connectivity index (χ0v) is 16.4. The molecule has 2 aromatic rings. The molecule has 6 nitrogen and oxygen atoms in total. The van der Waals surface area contributed by atoms with Crippen molar-refractivity contribution in [2.45, 2.75) is 12.8 Å². The standard InChI is InChI=1S/C22H26N4O2/c1-25(2)14-22(16-27)10-4-12-26(15-22)21(28)18-8-6-17(7-9-18)20-19(13-23)5-3-11-24-20/h3,5-9,11,27H,4,10,12,14-16H2,1-2H3/t22-/m0/s1. The Hall–Kier alpha value is -2.75. The quantitative estimate of drug-likeness (QED) is 0.864. The van der Waals surface area contributed by atoms with Gasteiger partial charge in [0.15, 0.2) is 0 Å². The zero-order chi connectivity index (χ0) is 20.1. The Morgan fingerprint density at radius 3 is 2.71 bits per heavy atom. The molecule has 3 rings (SSSR count). The number of piperidine rings is 1. The highest BCUT2D eigenvalue weighted by molar-refractivity contribution is 5.94. The number of aromatic nitrogens is 1. The molecule has 1 saturated heterocycles. The van der Waals surface area contributed by atoms with Crippen LogP contribution in [-0.2, 0) is 0 Å². The Balaban J connectivity index is 1.78. The lowest BCUT2D eigenvalue weighted by molar-refractivity contribution is 0.0138. The molecule has 6 heteroatoms. The van der Waals surface area contributed by atoms with Gasteiger partial charge in [0.05, 0.1) is 17.9 Å². The number of aliphatic hydroxyl groups excluding tert-OH is 1. The summed E-state index contributed by atoms with van der Waals surface area (Å²) in [4.78, 5) is 21.2. The third kappa shape index (κ3) is 4.22. The number of benzene rings is 1. The van der Waals surface area contributed by atoms with Crippen molar-refractivity contribution in [3.05, 3.63) is 53.7 Å². The van der Waals surface area contributed by atoms with E-state index in [1.807, 2.05) is 31.1 Å². The highest BCUT2D eigenvalue weighted by atomic mass is 16.3. The van der Waals surface area contributed by atoms with Crippen LogP contribution in [0.2, 0.25) is 0 Å². The number of aliphatic hydroxyl groups is 1. The maximum Gasteiger partial charge on any atom is 0.253 e. The second-order valence-electron chi connectivity index (χ2n) is 7.81. The van der Waals surface area contributed by atoms with Crippen LogP contribution in [0.25, 0.3) is 11.3 Å². The summed E-state index contributed by atoms with van der Waals surface area (Å²) >= 11 is 0. The zero-order valence-electron chi connectivity index (χ0n) is 16.4. The second kappa shape index (κ2) is 8.51. The van der Waals surface area contributed by atoms with Crippen LogP contribution in [0.3, 0.4) is 0 Å². The number of likely N-dealkylation sites (tertiary alicyclic amines) is 1. The monoisotopic (exact) mass is 378 g/mol. The summed E-state index contributed by atoms with van der Waals surface area (Å²) in [5.74, 6) is -0.0237. The van der Waals surface area contributed by atoms with Gasteiger partial charge >= 0.3 is 0 Å². The summed E-state index contributed by atoms with van der Waals surface area (Å²) < 4.78 is 0. The van der Waals surface area contributed by atoms with Gasteiger partial charge in [-0.1, -0.05) is 12.1 Å². The van der Waals surface area contributed by atoms with Crippen LogP contribution in [0, 0.1) is 16.7 Å². The van der Waals surface area contributed by atoms with E-state index in [1.54, 1.807) is 30.5 Å². The third-order valence-electron chi connectivity index (χ3n) is 5.27. The molecule has 146 valence electrons. The van der Waals surface area contributed by atoms with E-state index in [4.69, 9.17) is 0 Å². The van der Waals surface area contributed by atoms with Crippen LogP contribution in [-0.4, -0.2) is 66.1 Å². The lowest BCUT2D eigenvalue weighted by Gasteiger charge is -2.43. The number of nitriles is 1. The van der Waals surface area contributed by atoms with Crippen LogP contribution in [0.15, 0.2) is 42.6 Å². The number of pyridine rings is 1. The predicted molar refractivity (Wildman–Crippen MR) is 108 cm³/mol. The fraction of sp³-hybridized carbons (Fsp3) is 0.409. The first-order valence-electron chi connectivity index (χ1n) is 9.48. The maximum absolute atomic E-state index is 13.0. The highest BCUT2D eigenvalue weighted by Crippen LogP contribution is 2.31. The molecule has 1 N–H and O–H groups in total. The molecule has 0 unspecified atom stereocenters. The molecule has 1 aromatic carbocycles. The van der Waals surface area contributed by atoms with Gasteiger partial charge in [0.2, 0.25) is 0 Å². The normalized spacial score (nSPS) is 19.5. The largest absolute Gasteiger partial charge is 0.396 e. The Labute approximate surface area is 166 Å². The van der Waals surface area contributed by atoms with Gasteiger partial charge in [0.25, 0.3) is 5.91 Å². The number of amides is 1. The lowest BCUT2D eigenvalue weighted by Crippen LogP contribution is -2.51. The topological polar surface area (TPSA) is 80.5 Å². The fourth-order valence-electron chi connectivity index (χ4n) is 4.04. The van der Waals surface area contributed by atoms with E-state index in [0.717, 1.165) is 24.9 Å². The molecule has 1 amide bonds. The Kier molecular flexibility index (Phi) is 6.08. The molecule has 2 heterocycles. The van der Waals surface area contributed by atoms with Crippen molar-refractivity contribution in [2.75, 3.05) is 40.3 Å². The van der Waals surface area contributed by atoms with Crippen LogP contribution < -0.4 is 0 Å². The van der Waals surface area contributed by atoms with E-state index < -0.39 is 0 Å². The van der Waals surface area contributed by atoms with Gasteiger partial charge in [0.1, 0.15) is 6.07 Å². The van der Waals surface area contributed by atoms with Crippen molar-refractivity contribution in [2.24, 2.45) is 5.41 Å². The first-order valence-corrected chi connectivity index (χ1v) is 9.48. The molecule has 1 aromatic heterocycles. The van der Waals surface area contributed by atoms with Gasteiger partial charge in [-0.25, -0.2) is 0 Å². The van der Waals surface area contributed by atoms with Gasteiger partial charge in [-0.15, -0.1) is 0 Å². The molecular weight excluding hydrogens is 352 g/mol. The van der Waals surface area contributed by atoms with E-state index in [9.17, 15) is 15.2 Å². The fourth-order valence-corrected chi connectivity index (χ4v) is 4.04. The Morgan fingerprint density at radius 2 is 2.07 bits per heavy atom. The first kappa shape index (κ1) is 20.0. The van der Waals surface area contributed by atoms with Crippen LogP contribution in [0.4, 0.5) is 0 Å². The van der Waals surface area contributed by atoms with Crippen molar-refractivity contribution >= 4 is 5.91 Å². The van der Waals surface area contributed by atoms with Gasteiger partial charge in [0, 0.05) is 42.4 Å². The number of hydrogen-bond acceptors (Lipinski definition) is 5.